The van der Waals surface area contributed by atoms with E-state index in [2.05, 4.69) is 4.74 Å². The van der Waals surface area contributed by atoms with Gasteiger partial charge in [-0.1, -0.05) is 35.0 Å². The summed E-state index contributed by atoms with van der Waals surface area (Å²) in [6.07, 6.45) is -4.76. The van der Waals surface area contributed by atoms with Crippen molar-refractivity contribution in [1.82, 2.24) is 0 Å². The zero-order valence-corrected chi connectivity index (χ0v) is 13.3. The molecule has 0 N–H and O–H groups in total. The van der Waals surface area contributed by atoms with Gasteiger partial charge in [-0.25, -0.2) is 0 Å². The molecule has 10 heteroatoms. The highest BCUT2D eigenvalue weighted by Crippen LogP contribution is 2.39. The number of nitro groups is 1. The van der Waals surface area contributed by atoms with Crippen LogP contribution >= 0.6 is 35.0 Å². The maximum Gasteiger partial charge on any atom is 0.573 e. The van der Waals surface area contributed by atoms with Crippen LogP contribution in [0.3, 0.4) is 0 Å². The van der Waals surface area contributed by atoms with E-state index in [4.69, 9.17) is 23.2 Å². The van der Waals surface area contributed by atoms with E-state index in [1.54, 1.807) is 0 Å². The van der Waals surface area contributed by atoms with E-state index in [9.17, 15) is 23.3 Å². The first-order valence-electron chi connectivity index (χ1n) is 5.83. The Labute approximate surface area is 142 Å². The third-order valence-corrected chi connectivity index (χ3v) is 4.02. The molecule has 122 valence electrons. The van der Waals surface area contributed by atoms with E-state index in [0.29, 0.717) is 9.79 Å². The lowest BCUT2D eigenvalue weighted by Gasteiger charge is -2.09. The van der Waals surface area contributed by atoms with Gasteiger partial charge in [0.2, 0.25) is 0 Å². The standard InChI is InChI=1S/C13H6Cl2F3NO3S/c14-10-5-9(6-11(15)12(10)19(20)21)23-8-3-1-7(2-4-8)22-13(16,17)18/h1-6H. The summed E-state index contributed by atoms with van der Waals surface area (Å²) in [7, 11) is 0. The van der Waals surface area contributed by atoms with Crippen molar-refractivity contribution < 1.29 is 22.8 Å². The van der Waals surface area contributed by atoms with Gasteiger partial charge in [0.1, 0.15) is 15.8 Å². The molecule has 23 heavy (non-hydrogen) atoms. The van der Waals surface area contributed by atoms with Crippen LogP contribution in [-0.2, 0) is 0 Å². The van der Waals surface area contributed by atoms with Crippen molar-refractivity contribution in [2.45, 2.75) is 16.2 Å². The number of nitro benzene ring substituents is 1. The monoisotopic (exact) mass is 383 g/mol. The van der Waals surface area contributed by atoms with Crippen LogP contribution in [0.15, 0.2) is 46.2 Å². The molecule has 4 nitrogen and oxygen atoms in total. The Morgan fingerprint density at radius 2 is 1.57 bits per heavy atom. The van der Waals surface area contributed by atoms with Crippen molar-refractivity contribution in [2.24, 2.45) is 0 Å². The van der Waals surface area contributed by atoms with Gasteiger partial charge in [-0.2, -0.15) is 0 Å². The Hall–Kier alpha value is -1.64. The average molecular weight is 384 g/mol. The molecule has 0 aliphatic rings. The van der Waals surface area contributed by atoms with Crippen LogP contribution in [0.2, 0.25) is 10.0 Å². The van der Waals surface area contributed by atoms with E-state index >= 15 is 0 Å². The molecular weight excluding hydrogens is 378 g/mol. The number of hydrogen-bond donors (Lipinski definition) is 0. The van der Waals surface area contributed by atoms with Crippen molar-refractivity contribution in [3.05, 3.63) is 56.6 Å². The summed E-state index contributed by atoms with van der Waals surface area (Å²) in [6.45, 7) is 0. The molecule has 0 fully saturated rings. The molecule has 0 aromatic heterocycles. The number of halogens is 5. The summed E-state index contributed by atoms with van der Waals surface area (Å²) < 4.78 is 40.0. The molecule has 0 radical (unpaired) electrons. The highest BCUT2D eigenvalue weighted by Gasteiger charge is 2.31. The number of alkyl halides is 3. The number of nitrogens with zero attached hydrogens (tertiary/aromatic N) is 1. The van der Waals surface area contributed by atoms with Crippen LogP contribution in [0, 0.1) is 10.1 Å². The average Bonchev–Trinajstić information content (AvgIpc) is 2.38. The second-order valence-corrected chi connectivity index (χ2v) is 6.08. The van der Waals surface area contributed by atoms with Gasteiger partial charge < -0.3 is 4.74 Å². The quantitative estimate of drug-likeness (QED) is 0.483. The van der Waals surface area contributed by atoms with E-state index in [-0.39, 0.29) is 15.8 Å². The third-order valence-electron chi connectivity index (χ3n) is 2.47. The van der Waals surface area contributed by atoms with Crippen LogP contribution in [0.25, 0.3) is 0 Å². The molecule has 0 spiro atoms. The Bertz CT molecular complexity index is 715. The summed E-state index contributed by atoms with van der Waals surface area (Å²) in [4.78, 5) is 11.2. The molecule has 0 atom stereocenters. The predicted octanol–water partition coefficient (Wildman–Crippen LogP) is 5.95. The molecule has 2 rings (SSSR count). The van der Waals surface area contributed by atoms with Crippen LogP contribution in [0.1, 0.15) is 0 Å². The number of rotatable bonds is 4. The SMILES string of the molecule is O=[N+]([O-])c1c(Cl)cc(Sc2ccc(OC(F)(F)F)cc2)cc1Cl. The molecule has 0 bridgehead atoms. The van der Waals surface area contributed by atoms with Gasteiger partial charge in [0.25, 0.3) is 0 Å². The molecule has 0 saturated carbocycles. The van der Waals surface area contributed by atoms with Crippen molar-refractivity contribution >= 4 is 40.7 Å². The molecule has 0 unspecified atom stereocenters. The normalized spacial score (nSPS) is 11.3. The fourth-order valence-electron chi connectivity index (χ4n) is 1.62. The first-order chi connectivity index (χ1) is 10.7. The minimum Gasteiger partial charge on any atom is -0.406 e. The van der Waals surface area contributed by atoms with Gasteiger partial charge >= 0.3 is 12.0 Å². The van der Waals surface area contributed by atoms with Gasteiger partial charge in [-0.15, -0.1) is 13.2 Å². The van der Waals surface area contributed by atoms with Gasteiger partial charge in [0.15, 0.2) is 0 Å². The van der Waals surface area contributed by atoms with E-state index in [1.807, 2.05) is 0 Å². The zero-order valence-electron chi connectivity index (χ0n) is 10.9. The molecular formula is C13H6Cl2F3NO3S. The summed E-state index contributed by atoms with van der Waals surface area (Å²) in [5, 5.41) is 10.5. The highest BCUT2D eigenvalue weighted by atomic mass is 35.5. The third kappa shape index (κ3) is 4.92. The lowest BCUT2D eigenvalue weighted by atomic mass is 10.3. The number of ether oxygens (including phenoxy) is 1. The van der Waals surface area contributed by atoms with Crippen molar-refractivity contribution in [1.29, 1.82) is 0 Å². The predicted molar refractivity (Wildman–Crippen MR) is 80.4 cm³/mol. The van der Waals surface area contributed by atoms with Gasteiger partial charge in [0, 0.05) is 9.79 Å². The molecule has 2 aromatic carbocycles. The van der Waals surface area contributed by atoms with Gasteiger partial charge in [-0.05, 0) is 36.4 Å². The number of hydrogen-bond acceptors (Lipinski definition) is 4. The van der Waals surface area contributed by atoms with E-state index in [0.717, 1.165) is 23.9 Å². The summed E-state index contributed by atoms with van der Waals surface area (Å²) >= 11 is 12.8. The van der Waals surface area contributed by atoms with Crippen LogP contribution < -0.4 is 4.74 Å². The minimum absolute atomic E-state index is 0.123. The number of benzene rings is 2. The van der Waals surface area contributed by atoms with Crippen LogP contribution in [-0.4, -0.2) is 11.3 Å². The second kappa shape index (κ2) is 6.86. The molecule has 2 aromatic rings. The molecule has 0 heterocycles. The summed E-state index contributed by atoms with van der Waals surface area (Å²) in [5.41, 5.74) is -0.397. The largest absolute Gasteiger partial charge is 0.573 e. The van der Waals surface area contributed by atoms with E-state index in [1.165, 1.54) is 24.3 Å². The fraction of sp³-hybridized carbons (Fsp3) is 0.0769. The first kappa shape index (κ1) is 17.7. The van der Waals surface area contributed by atoms with Crippen molar-refractivity contribution in [2.75, 3.05) is 0 Å². The van der Waals surface area contributed by atoms with Crippen LogP contribution in [0.4, 0.5) is 18.9 Å². The Kier molecular flexibility index (Phi) is 5.28. The first-order valence-corrected chi connectivity index (χ1v) is 7.40. The maximum absolute atomic E-state index is 12.1. The molecule has 0 aliphatic heterocycles. The smallest absolute Gasteiger partial charge is 0.406 e. The minimum atomic E-state index is -4.76. The molecule has 0 amide bonds. The van der Waals surface area contributed by atoms with Crippen LogP contribution in [0.5, 0.6) is 5.75 Å². The summed E-state index contributed by atoms with van der Waals surface area (Å²) in [5.74, 6) is -0.346. The Morgan fingerprint density at radius 3 is 2.00 bits per heavy atom. The molecule has 0 saturated heterocycles. The lowest BCUT2D eigenvalue weighted by Crippen LogP contribution is -2.16. The van der Waals surface area contributed by atoms with Crippen molar-refractivity contribution in [3.8, 4) is 5.75 Å². The van der Waals surface area contributed by atoms with Crippen molar-refractivity contribution in [3.63, 3.8) is 0 Å². The topological polar surface area (TPSA) is 52.4 Å². The summed E-state index contributed by atoms with van der Waals surface area (Å²) in [6, 6.07) is 7.85. The second-order valence-electron chi connectivity index (χ2n) is 4.11. The Balaban J connectivity index is 2.18. The lowest BCUT2D eigenvalue weighted by molar-refractivity contribution is -0.384. The van der Waals surface area contributed by atoms with Gasteiger partial charge in [0.05, 0.1) is 4.92 Å². The Morgan fingerprint density at radius 1 is 1.04 bits per heavy atom. The fourth-order valence-corrected chi connectivity index (χ4v) is 3.27. The highest BCUT2D eigenvalue weighted by molar-refractivity contribution is 7.99. The van der Waals surface area contributed by atoms with E-state index < -0.39 is 17.0 Å². The maximum atomic E-state index is 12.1. The van der Waals surface area contributed by atoms with Gasteiger partial charge in [-0.3, -0.25) is 10.1 Å². The zero-order chi connectivity index (χ0) is 17.2. The molecule has 0 aliphatic carbocycles.